The molecular formula is C15H25N3O2S. The van der Waals surface area contributed by atoms with E-state index in [1.54, 1.807) is 0 Å². The van der Waals surface area contributed by atoms with Crippen LogP contribution in [0, 0.1) is 19.8 Å². The number of hydrogen-bond donors (Lipinski definition) is 1. The molecule has 0 atom stereocenters. The summed E-state index contributed by atoms with van der Waals surface area (Å²) in [5.41, 5.74) is 1.85. The van der Waals surface area contributed by atoms with Gasteiger partial charge >= 0.3 is 0 Å². The molecule has 1 aromatic heterocycles. The van der Waals surface area contributed by atoms with E-state index >= 15 is 0 Å². The third-order valence-electron chi connectivity index (χ3n) is 2.53. The van der Waals surface area contributed by atoms with Gasteiger partial charge in [0.25, 0.3) is 0 Å². The van der Waals surface area contributed by atoms with Gasteiger partial charge in [-0.1, -0.05) is 25.6 Å². The molecule has 0 radical (unpaired) electrons. The Kier molecular flexibility index (Phi) is 8.30. The van der Waals surface area contributed by atoms with Gasteiger partial charge in [-0.25, -0.2) is 9.97 Å². The largest absolute Gasteiger partial charge is 0.381 e. The Labute approximate surface area is 131 Å². The first kappa shape index (κ1) is 17.9. The van der Waals surface area contributed by atoms with Crippen LogP contribution in [-0.4, -0.2) is 41.4 Å². The Morgan fingerprint density at radius 3 is 2.62 bits per heavy atom. The van der Waals surface area contributed by atoms with Crippen molar-refractivity contribution in [3.8, 4) is 0 Å². The topological polar surface area (TPSA) is 64.1 Å². The van der Waals surface area contributed by atoms with Crippen LogP contribution in [0.3, 0.4) is 0 Å². The number of carbonyl (C=O) groups is 1. The smallest absolute Gasteiger partial charge is 0.230 e. The molecule has 5 nitrogen and oxygen atoms in total. The highest BCUT2D eigenvalue weighted by Gasteiger charge is 2.05. The van der Waals surface area contributed by atoms with Crippen molar-refractivity contribution >= 4 is 17.7 Å². The molecule has 0 saturated carbocycles. The SMILES string of the molecule is Cc1cc(C)nc(SCC(=O)NCCCOCC(C)C)n1. The Balaban J connectivity index is 2.14. The second kappa shape index (κ2) is 9.73. The number of aryl methyl sites for hydroxylation is 2. The first-order chi connectivity index (χ1) is 9.97. The molecule has 21 heavy (non-hydrogen) atoms. The lowest BCUT2D eigenvalue weighted by Crippen LogP contribution is -2.27. The van der Waals surface area contributed by atoms with Crippen LogP contribution in [0.25, 0.3) is 0 Å². The van der Waals surface area contributed by atoms with E-state index in [9.17, 15) is 4.79 Å². The second-order valence-corrected chi connectivity index (χ2v) is 6.34. The quantitative estimate of drug-likeness (QED) is 0.431. The zero-order valence-electron chi connectivity index (χ0n) is 13.3. The molecule has 0 spiro atoms. The Bertz CT molecular complexity index is 432. The fourth-order valence-corrected chi connectivity index (χ4v) is 2.44. The number of nitrogens with one attached hydrogen (secondary N) is 1. The minimum atomic E-state index is 0.00613. The molecule has 0 aliphatic carbocycles. The molecule has 1 heterocycles. The summed E-state index contributed by atoms with van der Waals surface area (Å²) in [5, 5.41) is 3.53. The lowest BCUT2D eigenvalue weighted by atomic mass is 10.2. The predicted molar refractivity (Wildman–Crippen MR) is 85.5 cm³/mol. The molecule has 0 fully saturated rings. The van der Waals surface area contributed by atoms with Crippen molar-refractivity contribution in [2.24, 2.45) is 5.92 Å². The highest BCUT2D eigenvalue weighted by atomic mass is 32.2. The van der Waals surface area contributed by atoms with E-state index in [0.717, 1.165) is 24.4 Å². The molecule has 0 aromatic carbocycles. The van der Waals surface area contributed by atoms with Crippen molar-refractivity contribution < 1.29 is 9.53 Å². The number of aromatic nitrogens is 2. The summed E-state index contributed by atoms with van der Waals surface area (Å²) in [5.74, 6) is 0.899. The highest BCUT2D eigenvalue weighted by molar-refractivity contribution is 7.99. The van der Waals surface area contributed by atoms with Crippen molar-refractivity contribution in [3.05, 3.63) is 17.5 Å². The van der Waals surface area contributed by atoms with Gasteiger partial charge in [0.2, 0.25) is 5.91 Å². The summed E-state index contributed by atoms with van der Waals surface area (Å²) in [6.07, 6.45) is 0.836. The molecule has 0 aliphatic rings. The summed E-state index contributed by atoms with van der Waals surface area (Å²) in [4.78, 5) is 20.3. The zero-order chi connectivity index (χ0) is 15.7. The first-order valence-electron chi connectivity index (χ1n) is 7.27. The summed E-state index contributed by atoms with van der Waals surface area (Å²) >= 11 is 1.36. The molecule has 0 unspecified atom stereocenters. The maximum atomic E-state index is 11.7. The molecular weight excluding hydrogens is 286 g/mol. The maximum Gasteiger partial charge on any atom is 0.230 e. The van der Waals surface area contributed by atoms with Crippen LogP contribution in [0.2, 0.25) is 0 Å². The van der Waals surface area contributed by atoms with E-state index in [4.69, 9.17) is 4.74 Å². The van der Waals surface area contributed by atoms with Gasteiger partial charge < -0.3 is 10.1 Å². The van der Waals surface area contributed by atoms with Crippen LogP contribution >= 0.6 is 11.8 Å². The Morgan fingerprint density at radius 2 is 2.00 bits per heavy atom. The molecule has 118 valence electrons. The minimum Gasteiger partial charge on any atom is -0.381 e. The van der Waals surface area contributed by atoms with Gasteiger partial charge in [-0.3, -0.25) is 4.79 Å². The van der Waals surface area contributed by atoms with Crippen molar-refractivity contribution in [1.29, 1.82) is 0 Å². The highest BCUT2D eigenvalue weighted by Crippen LogP contribution is 2.13. The second-order valence-electron chi connectivity index (χ2n) is 5.39. The molecule has 0 bridgehead atoms. The third-order valence-corrected chi connectivity index (χ3v) is 3.38. The van der Waals surface area contributed by atoms with Crippen LogP contribution in [0.4, 0.5) is 0 Å². The number of thioether (sulfide) groups is 1. The van der Waals surface area contributed by atoms with Crippen molar-refractivity contribution in [2.45, 2.75) is 39.3 Å². The number of rotatable bonds is 9. The van der Waals surface area contributed by atoms with Crippen molar-refractivity contribution in [3.63, 3.8) is 0 Å². The van der Waals surface area contributed by atoms with Crippen molar-refractivity contribution in [1.82, 2.24) is 15.3 Å². The fourth-order valence-electron chi connectivity index (χ4n) is 1.66. The van der Waals surface area contributed by atoms with Crippen LogP contribution in [-0.2, 0) is 9.53 Å². The minimum absolute atomic E-state index is 0.00613. The average Bonchev–Trinajstić information content (AvgIpc) is 2.39. The van der Waals surface area contributed by atoms with Crippen LogP contribution in [0.5, 0.6) is 0 Å². The third kappa shape index (κ3) is 8.67. The molecule has 0 aliphatic heterocycles. The van der Waals surface area contributed by atoms with Gasteiger partial charge in [-0.05, 0) is 32.3 Å². The molecule has 6 heteroatoms. The Morgan fingerprint density at radius 1 is 1.33 bits per heavy atom. The number of ether oxygens (including phenoxy) is 1. The molecule has 1 aromatic rings. The summed E-state index contributed by atoms with van der Waals surface area (Å²) < 4.78 is 5.46. The maximum absolute atomic E-state index is 11.7. The van der Waals surface area contributed by atoms with Gasteiger partial charge in [0, 0.05) is 31.1 Å². The zero-order valence-corrected chi connectivity index (χ0v) is 14.1. The number of carbonyl (C=O) groups excluding carboxylic acids is 1. The van der Waals surface area contributed by atoms with E-state index in [-0.39, 0.29) is 5.91 Å². The summed E-state index contributed by atoms with van der Waals surface area (Å²) in [7, 11) is 0. The average molecular weight is 311 g/mol. The molecule has 1 N–H and O–H groups in total. The normalized spacial score (nSPS) is 10.9. The van der Waals surface area contributed by atoms with E-state index in [1.807, 2.05) is 19.9 Å². The molecule has 1 amide bonds. The summed E-state index contributed by atoms with van der Waals surface area (Å²) in [6, 6.07) is 1.92. The number of hydrogen-bond acceptors (Lipinski definition) is 5. The monoisotopic (exact) mass is 311 g/mol. The van der Waals surface area contributed by atoms with E-state index in [2.05, 4.69) is 29.1 Å². The first-order valence-corrected chi connectivity index (χ1v) is 8.25. The number of nitrogens with zero attached hydrogens (tertiary/aromatic N) is 2. The predicted octanol–water partition coefficient (Wildman–Crippen LogP) is 2.36. The van der Waals surface area contributed by atoms with Crippen LogP contribution < -0.4 is 5.32 Å². The fraction of sp³-hybridized carbons (Fsp3) is 0.667. The van der Waals surface area contributed by atoms with E-state index in [1.165, 1.54) is 11.8 Å². The van der Waals surface area contributed by atoms with Gasteiger partial charge in [-0.2, -0.15) is 0 Å². The van der Waals surface area contributed by atoms with Gasteiger partial charge in [0.05, 0.1) is 5.75 Å². The van der Waals surface area contributed by atoms with Crippen LogP contribution in [0.1, 0.15) is 31.7 Å². The number of amides is 1. The lowest BCUT2D eigenvalue weighted by Gasteiger charge is -2.07. The van der Waals surface area contributed by atoms with E-state index < -0.39 is 0 Å². The summed E-state index contributed by atoms with van der Waals surface area (Å²) in [6.45, 7) is 10.2. The van der Waals surface area contributed by atoms with Gasteiger partial charge in [0.15, 0.2) is 5.16 Å². The molecule has 0 saturated heterocycles. The van der Waals surface area contributed by atoms with Crippen molar-refractivity contribution in [2.75, 3.05) is 25.5 Å². The van der Waals surface area contributed by atoms with Gasteiger partial charge in [-0.15, -0.1) is 0 Å². The van der Waals surface area contributed by atoms with Gasteiger partial charge in [0.1, 0.15) is 0 Å². The standard InChI is InChI=1S/C15H25N3O2S/c1-11(2)9-20-7-5-6-16-14(19)10-21-15-17-12(3)8-13(4)18-15/h8,11H,5-7,9-10H2,1-4H3,(H,16,19). The lowest BCUT2D eigenvalue weighted by molar-refractivity contribution is -0.118. The Hall–Kier alpha value is -1.14. The van der Waals surface area contributed by atoms with E-state index in [0.29, 0.717) is 30.0 Å². The molecule has 1 rings (SSSR count). The van der Waals surface area contributed by atoms with Crippen LogP contribution in [0.15, 0.2) is 11.2 Å².